The Hall–Kier alpha value is -2.70. The van der Waals surface area contributed by atoms with Crippen LogP contribution in [0.1, 0.15) is 74.0 Å². The highest BCUT2D eigenvalue weighted by Crippen LogP contribution is 2.24. The molecule has 1 amide bonds. The van der Waals surface area contributed by atoms with Crippen LogP contribution in [0.15, 0.2) is 18.3 Å². The highest BCUT2D eigenvalue weighted by Gasteiger charge is 2.19. The topological polar surface area (TPSA) is 77.6 Å². The Morgan fingerprint density at radius 3 is 2.45 bits per heavy atom. The van der Waals surface area contributed by atoms with Crippen LogP contribution in [0, 0.1) is 19.8 Å². The van der Waals surface area contributed by atoms with Crippen LogP contribution < -0.4 is 5.32 Å². The van der Waals surface area contributed by atoms with Crippen molar-refractivity contribution < 1.29 is 4.79 Å². The van der Waals surface area contributed by atoms with Crippen LogP contribution in [-0.2, 0) is 6.54 Å². The molecule has 0 radical (unpaired) electrons. The van der Waals surface area contributed by atoms with Gasteiger partial charge in [-0.05, 0) is 51.7 Å². The van der Waals surface area contributed by atoms with Crippen LogP contribution in [0.4, 0.5) is 0 Å². The lowest BCUT2D eigenvalue weighted by Crippen LogP contribution is -2.30. The van der Waals surface area contributed by atoms with Crippen molar-refractivity contribution in [3.05, 3.63) is 41.0 Å². The van der Waals surface area contributed by atoms with E-state index in [0.717, 1.165) is 34.7 Å². The molecular weight excluding hydrogens is 364 g/mol. The molecule has 7 heteroatoms. The predicted molar refractivity (Wildman–Crippen MR) is 115 cm³/mol. The van der Waals surface area contributed by atoms with E-state index in [1.54, 1.807) is 6.20 Å². The second-order valence-electron chi connectivity index (χ2n) is 8.59. The van der Waals surface area contributed by atoms with Crippen molar-refractivity contribution >= 4 is 16.9 Å². The molecule has 3 rings (SSSR count). The van der Waals surface area contributed by atoms with E-state index in [2.05, 4.69) is 63.1 Å². The quantitative estimate of drug-likeness (QED) is 0.654. The first kappa shape index (κ1) is 21.0. The van der Waals surface area contributed by atoms with Gasteiger partial charge in [0.1, 0.15) is 0 Å². The van der Waals surface area contributed by atoms with Gasteiger partial charge in [0.15, 0.2) is 5.65 Å². The van der Waals surface area contributed by atoms with Crippen molar-refractivity contribution in [3.63, 3.8) is 0 Å². The third kappa shape index (κ3) is 4.49. The molecule has 1 N–H and O–H groups in total. The van der Waals surface area contributed by atoms with Gasteiger partial charge < -0.3 is 5.32 Å². The average Bonchev–Trinajstić information content (AvgIpc) is 3.21. The number of amides is 1. The Balaban J connectivity index is 1.80. The van der Waals surface area contributed by atoms with E-state index in [9.17, 15) is 4.79 Å². The van der Waals surface area contributed by atoms with Gasteiger partial charge in [0.2, 0.25) is 0 Å². The van der Waals surface area contributed by atoms with E-state index in [1.165, 1.54) is 0 Å². The largest absolute Gasteiger partial charge is 0.352 e. The summed E-state index contributed by atoms with van der Waals surface area (Å²) in [6, 6.07) is 4.15. The van der Waals surface area contributed by atoms with Crippen molar-refractivity contribution in [3.8, 4) is 0 Å². The Bertz CT molecular complexity index is 1010. The summed E-state index contributed by atoms with van der Waals surface area (Å²) >= 11 is 0. The van der Waals surface area contributed by atoms with E-state index >= 15 is 0 Å². The van der Waals surface area contributed by atoms with Crippen molar-refractivity contribution in [2.75, 3.05) is 6.54 Å². The number of nitrogens with zero attached hydrogens (tertiary/aromatic N) is 5. The number of hydrogen-bond donors (Lipinski definition) is 1. The number of hydrogen-bond acceptors (Lipinski definition) is 4. The van der Waals surface area contributed by atoms with Crippen LogP contribution in [0.25, 0.3) is 11.0 Å². The zero-order valence-electron chi connectivity index (χ0n) is 18.5. The molecule has 156 valence electrons. The average molecular weight is 397 g/mol. The minimum Gasteiger partial charge on any atom is -0.352 e. The zero-order valence-corrected chi connectivity index (χ0v) is 18.5. The lowest BCUT2D eigenvalue weighted by molar-refractivity contribution is 0.0948. The molecule has 7 nitrogen and oxygen atoms in total. The van der Waals surface area contributed by atoms with Crippen LogP contribution >= 0.6 is 0 Å². The predicted octanol–water partition coefficient (Wildman–Crippen LogP) is 4.02. The van der Waals surface area contributed by atoms with Gasteiger partial charge in [0, 0.05) is 30.5 Å². The smallest absolute Gasteiger partial charge is 0.252 e. The summed E-state index contributed by atoms with van der Waals surface area (Å²) in [5.74, 6) is 0.409. The first-order chi connectivity index (χ1) is 13.7. The standard InChI is InChI=1S/C22H32N6O/c1-13(2)20-9-18(19-11-24-28(14(3)4)21(19)25-20)22(29)23-10-15(5)12-27-17(7)8-16(6)26-27/h8-9,11,13-15H,10,12H2,1-7H3,(H,23,29). The Morgan fingerprint density at radius 1 is 1.14 bits per heavy atom. The highest BCUT2D eigenvalue weighted by molar-refractivity contribution is 6.05. The van der Waals surface area contributed by atoms with Gasteiger partial charge in [-0.2, -0.15) is 10.2 Å². The van der Waals surface area contributed by atoms with Gasteiger partial charge in [0.05, 0.1) is 22.8 Å². The molecule has 0 saturated carbocycles. The van der Waals surface area contributed by atoms with Crippen molar-refractivity contribution in [1.82, 2.24) is 29.9 Å². The lowest BCUT2D eigenvalue weighted by atomic mass is 10.0. The SMILES string of the molecule is Cc1cc(C)n(CC(C)CNC(=O)c2cc(C(C)C)nc3c2cnn3C(C)C)n1. The highest BCUT2D eigenvalue weighted by atomic mass is 16.1. The van der Waals surface area contributed by atoms with Gasteiger partial charge in [-0.3, -0.25) is 9.48 Å². The molecule has 0 fully saturated rings. The van der Waals surface area contributed by atoms with E-state index in [0.29, 0.717) is 12.1 Å². The monoisotopic (exact) mass is 396 g/mol. The van der Waals surface area contributed by atoms with Crippen molar-refractivity contribution in [2.24, 2.45) is 5.92 Å². The summed E-state index contributed by atoms with van der Waals surface area (Å²) in [4.78, 5) is 17.8. The molecule has 29 heavy (non-hydrogen) atoms. The number of nitrogens with one attached hydrogen (secondary N) is 1. The maximum absolute atomic E-state index is 13.0. The Labute approximate surface area is 172 Å². The fourth-order valence-electron chi connectivity index (χ4n) is 3.48. The summed E-state index contributed by atoms with van der Waals surface area (Å²) < 4.78 is 3.88. The molecule has 0 spiro atoms. The zero-order chi connectivity index (χ0) is 21.3. The van der Waals surface area contributed by atoms with Gasteiger partial charge in [0.25, 0.3) is 5.91 Å². The van der Waals surface area contributed by atoms with Crippen LogP contribution in [0.2, 0.25) is 0 Å². The van der Waals surface area contributed by atoms with Crippen molar-refractivity contribution in [2.45, 2.75) is 67.0 Å². The fourth-order valence-corrected chi connectivity index (χ4v) is 3.48. The molecule has 1 atom stereocenters. The molecule has 0 aromatic carbocycles. The number of carbonyl (C=O) groups excluding carboxylic acids is 1. The molecule has 0 aliphatic heterocycles. The molecule has 1 unspecified atom stereocenters. The third-order valence-corrected chi connectivity index (χ3v) is 5.11. The third-order valence-electron chi connectivity index (χ3n) is 5.11. The summed E-state index contributed by atoms with van der Waals surface area (Å²) in [5, 5.41) is 12.9. The molecule has 3 heterocycles. The summed E-state index contributed by atoms with van der Waals surface area (Å²) in [6.07, 6.45) is 1.75. The first-order valence-corrected chi connectivity index (χ1v) is 10.3. The molecule has 0 saturated heterocycles. The Kier molecular flexibility index (Phi) is 6.05. The second kappa shape index (κ2) is 8.35. The number of fused-ring (bicyclic) bond motifs is 1. The first-order valence-electron chi connectivity index (χ1n) is 10.3. The van der Waals surface area contributed by atoms with Crippen molar-refractivity contribution in [1.29, 1.82) is 0 Å². The molecule has 0 bridgehead atoms. The maximum atomic E-state index is 13.0. The minimum atomic E-state index is -0.0807. The van der Waals surface area contributed by atoms with Gasteiger partial charge >= 0.3 is 0 Å². The number of pyridine rings is 1. The fraction of sp³-hybridized carbons (Fsp3) is 0.545. The maximum Gasteiger partial charge on any atom is 0.252 e. The van der Waals surface area contributed by atoms with Crippen LogP contribution in [0.5, 0.6) is 0 Å². The number of aromatic nitrogens is 5. The van der Waals surface area contributed by atoms with E-state index in [4.69, 9.17) is 4.98 Å². The molecular formula is C22H32N6O. The van der Waals surface area contributed by atoms with Crippen LogP contribution in [-0.4, -0.2) is 37.0 Å². The second-order valence-corrected chi connectivity index (χ2v) is 8.59. The lowest BCUT2D eigenvalue weighted by Gasteiger charge is -2.15. The molecule has 0 aliphatic rings. The molecule has 3 aromatic heterocycles. The number of rotatable bonds is 7. The minimum absolute atomic E-state index is 0.0807. The summed E-state index contributed by atoms with van der Waals surface area (Å²) in [5.41, 5.74) is 4.47. The van der Waals surface area contributed by atoms with Crippen LogP contribution in [0.3, 0.4) is 0 Å². The van der Waals surface area contributed by atoms with E-state index < -0.39 is 0 Å². The molecule has 0 aliphatic carbocycles. The van der Waals surface area contributed by atoms with Gasteiger partial charge in [-0.25, -0.2) is 9.67 Å². The Morgan fingerprint density at radius 2 is 1.86 bits per heavy atom. The molecule has 3 aromatic rings. The normalized spacial score (nSPS) is 12.9. The summed E-state index contributed by atoms with van der Waals surface area (Å²) in [7, 11) is 0. The van der Waals surface area contributed by atoms with E-state index in [-0.39, 0.29) is 23.8 Å². The summed E-state index contributed by atoms with van der Waals surface area (Å²) in [6.45, 7) is 15.8. The van der Waals surface area contributed by atoms with Gasteiger partial charge in [-0.1, -0.05) is 20.8 Å². The number of aryl methyl sites for hydroxylation is 2. The number of carbonyl (C=O) groups is 1. The van der Waals surface area contributed by atoms with Gasteiger partial charge in [-0.15, -0.1) is 0 Å². The van der Waals surface area contributed by atoms with E-state index in [1.807, 2.05) is 22.4 Å².